The molecule has 1 aromatic carbocycles. The lowest BCUT2D eigenvalue weighted by atomic mass is 10.1. The second-order valence-electron chi connectivity index (χ2n) is 4.12. The van der Waals surface area contributed by atoms with Gasteiger partial charge in [0.25, 0.3) is 5.91 Å². The van der Waals surface area contributed by atoms with Crippen molar-refractivity contribution in [1.29, 1.82) is 0 Å². The summed E-state index contributed by atoms with van der Waals surface area (Å²) in [6, 6.07) is 4.30. The highest BCUT2D eigenvalue weighted by atomic mass is 19.1. The van der Waals surface area contributed by atoms with E-state index in [1.165, 1.54) is 19.2 Å². The van der Waals surface area contributed by atoms with Gasteiger partial charge in [0.1, 0.15) is 5.82 Å². The summed E-state index contributed by atoms with van der Waals surface area (Å²) in [5.74, 6) is -2.00. The van der Waals surface area contributed by atoms with Crippen LogP contribution in [0.5, 0.6) is 0 Å². The molecule has 0 bridgehead atoms. The summed E-state index contributed by atoms with van der Waals surface area (Å²) < 4.78 is 17.9. The molecule has 1 amide bonds. The molecule has 0 radical (unpaired) electrons. The number of halogens is 1. The van der Waals surface area contributed by atoms with Gasteiger partial charge in [-0.15, -0.1) is 0 Å². The van der Waals surface area contributed by atoms with E-state index < -0.39 is 23.6 Å². The van der Waals surface area contributed by atoms with Crippen LogP contribution in [0.2, 0.25) is 0 Å². The van der Waals surface area contributed by atoms with E-state index in [4.69, 9.17) is 0 Å². The van der Waals surface area contributed by atoms with Crippen molar-refractivity contribution in [2.75, 3.05) is 13.7 Å². The molecule has 5 heteroatoms. The van der Waals surface area contributed by atoms with Gasteiger partial charge >= 0.3 is 5.97 Å². The van der Waals surface area contributed by atoms with E-state index in [-0.39, 0.29) is 12.1 Å². The lowest BCUT2D eigenvalue weighted by Gasteiger charge is -2.11. The molecule has 1 rings (SSSR count). The zero-order chi connectivity index (χ0) is 13.7. The molecule has 1 N–H and O–H groups in total. The number of amides is 1. The smallest absolute Gasteiger partial charge is 0.310 e. The number of hydrogen-bond donors (Lipinski definition) is 1. The number of methoxy groups -OCH3 is 1. The first kappa shape index (κ1) is 14.2. The van der Waals surface area contributed by atoms with Gasteiger partial charge < -0.3 is 10.1 Å². The Labute approximate surface area is 105 Å². The van der Waals surface area contributed by atoms with Crippen molar-refractivity contribution < 1.29 is 18.7 Å². The Bertz CT molecular complexity index is 460. The van der Waals surface area contributed by atoms with Crippen LogP contribution in [0.4, 0.5) is 4.39 Å². The first-order chi connectivity index (χ1) is 8.45. The van der Waals surface area contributed by atoms with Crippen LogP contribution >= 0.6 is 0 Å². The molecule has 0 aliphatic rings. The van der Waals surface area contributed by atoms with Gasteiger partial charge in [0, 0.05) is 6.54 Å². The SMILES string of the molecule is COC(=O)[C@H](C)CNC(=O)c1cc(C)ccc1F. The van der Waals surface area contributed by atoms with Crippen molar-refractivity contribution in [3.8, 4) is 0 Å². The number of nitrogens with one attached hydrogen (secondary N) is 1. The third kappa shape index (κ3) is 3.55. The number of aryl methyl sites for hydroxylation is 1. The molecule has 0 fully saturated rings. The van der Waals surface area contributed by atoms with E-state index in [0.29, 0.717) is 0 Å². The molecule has 1 aromatic rings. The second-order valence-corrected chi connectivity index (χ2v) is 4.12. The fourth-order valence-corrected chi connectivity index (χ4v) is 1.44. The maximum absolute atomic E-state index is 13.4. The molecule has 4 nitrogen and oxygen atoms in total. The van der Waals surface area contributed by atoms with Crippen molar-refractivity contribution in [3.05, 3.63) is 35.1 Å². The van der Waals surface area contributed by atoms with Crippen molar-refractivity contribution in [2.24, 2.45) is 5.92 Å². The van der Waals surface area contributed by atoms with Gasteiger partial charge in [-0.25, -0.2) is 4.39 Å². The first-order valence-electron chi connectivity index (χ1n) is 5.58. The minimum Gasteiger partial charge on any atom is -0.469 e. The highest BCUT2D eigenvalue weighted by molar-refractivity contribution is 5.94. The van der Waals surface area contributed by atoms with E-state index >= 15 is 0 Å². The molecule has 0 aliphatic heterocycles. The number of rotatable bonds is 4. The molecule has 18 heavy (non-hydrogen) atoms. The summed E-state index contributed by atoms with van der Waals surface area (Å²) in [5, 5.41) is 2.50. The topological polar surface area (TPSA) is 55.4 Å². The number of hydrogen-bond acceptors (Lipinski definition) is 3. The van der Waals surface area contributed by atoms with Crippen LogP contribution in [-0.4, -0.2) is 25.5 Å². The monoisotopic (exact) mass is 253 g/mol. The molecule has 0 unspecified atom stereocenters. The Balaban J connectivity index is 2.66. The fourth-order valence-electron chi connectivity index (χ4n) is 1.44. The molecular weight excluding hydrogens is 237 g/mol. The van der Waals surface area contributed by atoms with E-state index in [9.17, 15) is 14.0 Å². The number of carbonyl (C=O) groups is 2. The van der Waals surface area contributed by atoms with Gasteiger partial charge in [-0.3, -0.25) is 9.59 Å². The van der Waals surface area contributed by atoms with Crippen LogP contribution in [0.1, 0.15) is 22.8 Å². The number of carbonyl (C=O) groups excluding carboxylic acids is 2. The normalized spacial score (nSPS) is 11.8. The fraction of sp³-hybridized carbons (Fsp3) is 0.385. The number of ether oxygens (including phenoxy) is 1. The Hall–Kier alpha value is -1.91. The number of esters is 1. The maximum atomic E-state index is 13.4. The number of benzene rings is 1. The van der Waals surface area contributed by atoms with Crippen molar-refractivity contribution in [1.82, 2.24) is 5.32 Å². The predicted octanol–water partition coefficient (Wildman–Crippen LogP) is 1.67. The van der Waals surface area contributed by atoms with Crippen molar-refractivity contribution in [3.63, 3.8) is 0 Å². The highest BCUT2D eigenvalue weighted by Crippen LogP contribution is 2.10. The lowest BCUT2D eigenvalue weighted by Crippen LogP contribution is -2.32. The molecule has 0 heterocycles. The predicted molar refractivity (Wildman–Crippen MR) is 64.7 cm³/mol. The van der Waals surface area contributed by atoms with E-state index in [1.54, 1.807) is 19.9 Å². The van der Waals surface area contributed by atoms with Gasteiger partial charge in [-0.2, -0.15) is 0 Å². The van der Waals surface area contributed by atoms with Gasteiger partial charge in [-0.05, 0) is 19.1 Å². The largest absolute Gasteiger partial charge is 0.469 e. The zero-order valence-electron chi connectivity index (χ0n) is 10.6. The second kappa shape index (κ2) is 6.14. The third-order valence-corrected chi connectivity index (χ3v) is 2.54. The van der Waals surface area contributed by atoms with Crippen molar-refractivity contribution in [2.45, 2.75) is 13.8 Å². The van der Waals surface area contributed by atoms with Crippen LogP contribution < -0.4 is 5.32 Å². The minimum atomic E-state index is -0.580. The zero-order valence-corrected chi connectivity index (χ0v) is 10.6. The quantitative estimate of drug-likeness (QED) is 0.830. The van der Waals surface area contributed by atoms with E-state index in [0.717, 1.165) is 5.56 Å². The summed E-state index contributed by atoms with van der Waals surface area (Å²) in [7, 11) is 1.28. The Morgan fingerprint density at radius 3 is 2.72 bits per heavy atom. The first-order valence-corrected chi connectivity index (χ1v) is 5.58. The molecule has 1 atom stereocenters. The Morgan fingerprint density at radius 2 is 2.11 bits per heavy atom. The van der Waals surface area contributed by atoms with E-state index in [2.05, 4.69) is 10.1 Å². The summed E-state index contributed by atoms with van der Waals surface area (Å²) in [6.07, 6.45) is 0. The van der Waals surface area contributed by atoms with Crippen LogP contribution in [0.3, 0.4) is 0 Å². The van der Waals surface area contributed by atoms with Gasteiger partial charge in [-0.1, -0.05) is 18.6 Å². The Morgan fingerprint density at radius 1 is 1.44 bits per heavy atom. The summed E-state index contributed by atoms with van der Waals surface area (Å²) >= 11 is 0. The average Bonchev–Trinajstić information content (AvgIpc) is 2.37. The molecule has 0 saturated carbocycles. The maximum Gasteiger partial charge on any atom is 0.310 e. The minimum absolute atomic E-state index is 0.0212. The average molecular weight is 253 g/mol. The summed E-state index contributed by atoms with van der Waals surface area (Å²) in [6.45, 7) is 3.50. The van der Waals surface area contributed by atoms with Gasteiger partial charge in [0.15, 0.2) is 0 Å². The van der Waals surface area contributed by atoms with Crippen molar-refractivity contribution >= 4 is 11.9 Å². The van der Waals surface area contributed by atoms with Gasteiger partial charge in [0.2, 0.25) is 0 Å². The van der Waals surface area contributed by atoms with Crippen LogP contribution in [-0.2, 0) is 9.53 Å². The highest BCUT2D eigenvalue weighted by Gasteiger charge is 2.16. The molecule has 0 aliphatic carbocycles. The van der Waals surface area contributed by atoms with Crippen LogP contribution in [0.15, 0.2) is 18.2 Å². The van der Waals surface area contributed by atoms with Crippen LogP contribution in [0.25, 0.3) is 0 Å². The van der Waals surface area contributed by atoms with Crippen LogP contribution in [0, 0.1) is 18.7 Å². The standard InChI is InChI=1S/C13H16FNO3/c1-8-4-5-11(14)10(6-8)12(16)15-7-9(2)13(17)18-3/h4-6,9H,7H2,1-3H3,(H,15,16)/t9-/m1/s1. The molecule has 0 aromatic heterocycles. The van der Waals surface area contributed by atoms with E-state index in [1.807, 2.05) is 0 Å². The molecule has 0 spiro atoms. The lowest BCUT2D eigenvalue weighted by molar-refractivity contribution is -0.144. The molecule has 98 valence electrons. The van der Waals surface area contributed by atoms with Gasteiger partial charge in [0.05, 0.1) is 18.6 Å². The molecular formula is C13H16FNO3. The Kier molecular flexibility index (Phi) is 4.83. The summed E-state index contributed by atoms with van der Waals surface area (Å²) in [5.41, 5.74) is 0.773. The molecule has 0 saturated heterocycles. The third-order valence-electron chi connectivity index (χ3n) is 2.54. The summed E-state index contributed by atoms with van der Waals surface area (Å²) in [4.78, 5) is 22.9.